The third-order valence-electron chi connectivity index (χ3n) is 4.30. The zero-order valence-electron chi connectivity index (χ0n) is 15.6. The van der Waals surface area contributed by atoms with Crippen LogP contribution in [-0.4, -0.2) is 30.3 Å². The van der Waals surface area contributed by atoms with Crippen LogP contribution in [0.15, 0.2) is 63.0 Å². The third-order valence-corrected chi connectivity index (χ3v) is 5.90. The average molecular weight is 470 g/mol. The topological polar surface area (TPSA) is 72.8 Å². The summed E-state index contributed by atoms with van der Waals surface area (Å²) < 4.78 is 11.6. The number of methoxy groups -OCH3 is 2. The number of hydrogen-bond donors (Lipinski definition) is 1. The number of aliphatic imine (C=N–C) groups is 1. The summed E-state index contributed by atoms with van der Waals surface area (Å²) in [5.41, 5.74) is 2.23. The number of hydrogen-bond acceptors (Lipinski definition) is 6. The van der Waals surface area contributed by atoms with Crippen LogP contribution in [0.4, 0.5) is 5.69 Å². The average Bonchev–Trinajstić information content (AvgIpc) is 3.09. The lowest BCUT2D eigenvalue weighted by atomic mass is 10.1. The van der Waals surface area contributed by atoms with Crippen molar-refractivity contribution in [2.24, 2.45) is 4.99 Å². The Hall–Kier alpha value is -2.84. The number of amides is 1. The van der Waals surface area contributed by atoms with Crippen LogP contribution in [0.25, 0.3) is 17.0 Å². The predicted octanol–water partition coefficient (Wildman–Crippen LogP) is 4.91. The SMILES string of the molecule is COc1ccc(/C=C2\SC(=Nc3ccc(Br)c4cccnc34)NC2=O)c(OC)c1. The van der Waals surface area contributed by atoms with Crippen molar-refractivity contribution in [2.75, 3.05) is 14.2 Å². The third kappa shape index (κ3) is 3.99. The van der Waals surface area contributed by atoms with Crippen molar-refractivity contribution >= 4 is 61.4 Å². The summed E-state index contributed by atoms with van der Waals surface area (Å²) in [5.74, 6) is 1.10. The second-order valence-corrected chi connectivity index (χ2v) is 7.94. The van der Waals surface area contributed by atoms with E-state index in [4.69, 9.17) is 9.47 Å². The molecule has 1 N–H and O–H groups in total. The Balaban J connectivity index is 1.67. The second kappa shape index (κ2) is 8.26. The van der Waals surface area contributed by atoms with E-state index in [1.807, 2.05) is 36.4 Å². The molecule has 4 rings (SSSR count). The van der Waals surface area contributed by atoms with Gasteiger partial charge in [-0.2, -0.15) is 0 Å². The predicted molar refractivity (Wildman–Crippen MR) is 120 cm³/mol. The molecule has 0 aliphatic carbocycles. The van der Waals surface area contributed by atoms with Gasteiger partial charge >= 0.3 is 0 Å². The molecule has 1 amide bonds. The Labute approximate surface area is 180 Å². The number of nitrogens with zero attached hydrogens (tertiary/aromatic N) is 2. The highest BCUT2D eigenvalue weighted by Crippen LogP contribution is 2.34. The molecule has 146 valence electrons. The van der Waals surface area contributed by atoms with E-state index >= 15 is 0 Å². The van der Waals surface area contributed by atoms with Gasteiger partial charge in [0.05, 0.1) is 30.3 Å². The van der Waals surface area contributed by atoms with Crippen molar-refractivity contribution in [1.29, 1.82) is 0 Å². The number of aromatic nitrogens is 1. The molecule has 8 heteroatoms. The highest BCUT2D eigenvalue weighted by atomic mass is 79.9. The lowest BCUT2D eigenvalue weighted by molar-refractivity contribution is -0.115. The van der Waals surface area contributed by atoms with Crippen LogP contribution >= 0.6 is 27.7 Å². The van der Waals surface area contributed by atoms with Gasteiger partial charge in [0.25, 0.3) is 5.91 Å². The summed E-state index contributed by atoms with van der Waals surface area (Å²) in [7, 11) is 3.17. The minimum absolute atomic E-state index is 0.207. The smallest absolute Gasteiger partial charge is 0.264 e. The lowest BCUT2D eigenvalue weighted by Crippen LogP contribution is -2.19. The van der Waals surface area contributed by atoms with Gasteiger partial charge in [0, 0.05) is 27.7 Å². The maximum absolute atomic E-state index is 12.5. The molecule has 1 aliphatic rings. The van der Waals surface area contributed by atoms with Crippen molar-refractivity contribution < 1.29 is 14.3 Å². The summed E-state index contributed by atoms with van der Waals surface area (Å²) in [6.45, 7) is 0. The van der Waals surface area contributed by atoms with Crippen LogP contribution < -0.4 is 14.8 Å². The molecule has 1 fully saturated rings. The number of halogens is 1. The number of ether oxygens (including phenoxy) is 2. The molecule has 0 atom stereocenters. The van der Waals surface area contributed by atoms with Gasteiger partial charge in [-0.25, -0.2) is 4.99 Å². The first-order chi connectivity index (χ1) is 14.1. The maximum Gasteiger partial charge on any atom is 0.264 e. The second-order valence-electron chi connectivity index (χ2n) is 6.06. The van der Waals surface area contributed by atoms with Crippen LogP contribution in [0.1, 0.15) is 5.56 Å². The number of nitrogens with one attached hydrogen (secondary N) is 1. The molecule has 0 spiro atoms. The normalized spacial score (nSPS) is 16.4. The number of benzene rings is 2. The van der Waals surface area contributed by atoms with Crippen molar-refractivity contribution in [3.05, 3.63) is 63.6 Å². The molecule has 3 aromatic rings. The summed E-state index contributed by atoms with van der Waals surface area (Å²) in [6.07, 6.45) is 3.50. The molecule has 0 unspecified atom stereocenters. The van der Waals surface area contributed by atoms with E-state index in [2.05, 4.69) is 31.2 Å². The molecule has 1 aliphatic heterocycles. The zero-order valence-corrected chi connectivity index (χ0v) is 18.0. The fourth-order valence-corrected chi connectivity index (χ4v) is 4.16. The molecule has 29 heavy (non-hydrogen) atoms. The van der Waals surface area contributed by atoms with E-state index < -0.39 is 0 Å². The standard InChI is InChI=1S/C21H16BrN3O3S/c1-27-13-6-5-12(17(11-13)28-2)10-18-20(26)25-21(29-18)24-16-8-7-15(22)14-4-3-9-23-19(14)16/h3-11H,1-2H3,(H,24,25,26)/b18-10-. The molecule has 2 aromatic carbocycles. The number of pyridine rings is 1. The van der Waals surface area contributed by atoms with E-state index in [9.17, 15) is 4.79 Å². The molecule has 1 aromatic heterocycles. The van der Waals surface area contributed by atoms with Crippen LogP contribution in [0.5, 0.6) is 11.5 Å². The first kappa shape index (κ1) is 19.5. The molecule has 0 saturated carbocycles. The molecular formula is C21H16BrN3O3S. The fourth-order valence-electron chi connectivity index (χ4n) is 2.88. The molecule has 6 nitrogen and oxygen atoms in total. The van der Waals surface area contributed by atoms with Gasteiger partial charge in [0.1, 0.15) is 11.5 Å². The van der Waals surface area contributed by atoms with E-state index in [1.165, 1.54) is 11.8 Å². The van der Waals surface area contributed by atoms with Crippen LogP contribution in [-0.2, 0) is 4.79 Å². The lowest BCUT2D eigenvalue weighted by Gasteiger charge is -2.07. The van der Waals surface area contributed by atoms with Gasteiger partial charge in [0.2, 0.25) is 0 Å². The summed E-state index contributed by atoms with van der Waals surface area (Å²) >= 11 is 4.80. The highest BCUT2D eigenvalue weighted by Gasteiger charge is 2.24. The molecule has 0 bridgehead atoms. The number of carbonyl (C=O) groups excluding carboxylic acids is 1. The van der Waals surface area contributed by atoms with E-state index in [1.54, 1.807) is 32.6 Å². The summed E-state index contributed by atoms with van der Waals surface area (Å²) in [5, 5.41) is 4.28. The van der Waals surface area contributed by atoms with Crippen molar-refractivity contribution in [1.82, 2.24) is 10.3 Å². The summed E-state index contributed by atoms with van der Waals surface area (Å²) in [6, 6.07) is 13.1. The molecule has 1 saturated heterocycles. The van der Waals surface area contributed by atoms with Gasteiger partial charge in [-0.05, 0) is 48.2 Å². The first-order valence-electron chi connectivity index (χ1n) is 8.64. The van der Waals surface area contributed by atoms with Gasteiger partial charge < -0.3 is 14.8 Å². The quantitative estimate of drug-likeness (QED) is 0.549. The monoisotopic (exact) mass is 469 g/mol. The van der Waals surface area contributed by atoms with Gasteiger partial charge in [-0.3, -0.25) is 9.78 Å². The Morgan fingerprint density at radius 3 is 2.83 bits per heavy atom. The minimum atomic E-state index is -0.207. The van der Waals surface area contributed by atoms with Gasteiger partial charge in [-0.15, -0.1) is 0 Å². The van der Waals surface area contributed by atoms with E-state index in [0.29, 0.717) is 27.3 Å². The van der Waals surface area contributed by atoms with Crippen molar-refractivity contribution in [2.45, 2.75) is 0 Å². The largest absolute Gasteiger partial charge is 0.497 e. The zero-order chi connectivity index (χ0) is 20.4. The molecule has 0 radical (unpaired) electrons. The Kier molecular flexibility index (Phi) is 5.55. The number of amidine groups is 1. The first-order valence-corrected chi connectivity index (χ1v) is 10.2. The number of carbonyl (C=O) groups is 1. The van der Waals surface area contributed by atoms with Gasteiger partial charge in [-0.1, -0.05) is 22.0 Å². The van der Waals surface area contributed by atoms with Gasteiger partial charge in [0.15, 0.2) is 5.17 Å². The number of thioether (sulfide) groups is 1. The Morgan fingerprint density at radius 1 is 1.17 bits per heavy atom. The van der Waals surface area contributed by atoms with E-state index in [0.717, 1.165) is 20.9 Å². The van der Waals surface area contributed by atoms with Crippen LogP contribution in [0, 0.1) is 0 Å². The Bertz CT molecular complexity index is 1180. The molecule has 2 heterocycles. The Morgan fingerprint density at radius 2 is 2.03 bits per heavy atom. The number of rotatable bonds is 4. The van der Waals surface area contributed by atoms with E-state index in [-0.39, 0.29) is 5.91 Å². The fraction of sp³-hybridized carbons (Fsp3) is 0.0952. The summed E-state index contributed by atoms with van der Waals surface area (Å²) in [4.78, 5) is 22.0. The van der Waals surface area contributed by atoms with Crippen LogP contribution in [0.3, 0.4) is 0 Å². The minimum Gasteiger partial charge on any atom is -0.497 e. The van der Waals surface area contributed by atoms with Crippen molar-refractivity contribution in [3.8, 4) is 11.5 Å². The highest BCUT2D eigenvalue weighted by molar-refractivity contribution is 9.10. The maximum atomic E-state index is 12.5. The number of fused-ring (bicyclic) bond motifs is 1. The van der Waals surface area contributed by atoms with Crippen molar-refractivity contribution in [3.63, 3.8) is 0 Å². The molecular weight excluding hydrogens is 454 g/mol. The van der Waals surface area contributed by atoms with Crippen LogP contribution in [0.2, 0.25) is 0 Å².